The van der Waals surface area contributed by atoms with Gasteiger partial charge in [-0.15, -0.1) is 0 Å². The van der Waals surface area contributed by atoms with Crippen LogP contribution in [0.15, 0.2) is 24.7 Å². The minimum atomic E-state index is -2.80. The standard InChI is InChI=1S/C25H33F2N7O2/c1-4-16-5-7-17(8-6-16)34-14-19(21(31-34)22(26)27)29-24(35)18-13-28-33-10-9-20(30-23(18)33)32-11-12-36-25(2,3)15-32/h9-10,13-14,16-17,22H,4-8,11-12,15H2,1-3H3,(H,29,35). The van der Waals surface area contributed by atoms with Crippen LogP contribution in [0.2, 0.25) is 0 Å². The van der Waals surface area contributed by atoms with Gasteiger partial charge in [-0.25, -0.2) is 18.3 Å². The molecule has 0 unspecified atom stereocenters. The highest BCUT2D eigenvalue weighted by molar-refractivity contribution is 6.08. The van der Waals surface area contributed by atoms with Crippen molar-refractivity contribution in [3.63, 3.8) is 0 Å². The first-order valence-corrected chi connectivity index (χ1v) is 12.7. The number of nitrogens with one attached hydrogen (secondary N) is 1. The largest absolute Gasteiger partial charge is 0.372 e. The molecule has 0 bridgehead atoms. The number of ether oxygens (including phenoxy) is 1. The molecule has 1 amide bonds. The molecule has 1 saturated carbocycles. The highest BCUT2D eigenvalue weighted by Crippen LogP contribution is 2.36. The zero-order valence-corrected chi connectivity index (χ0v) is 21.0. The van der Waals surface area contributed by atoms with Gasteiger partial charge in [-0.05, 0) is 51.5 Å². The van der Waals surface area contributed by atoms with E-state index in [2.05, 4.69) is 32.3 Å². The molecule has 0 aromatic carbocycles. The van der Waals surface area contributed by atoms with Crippen LogP contribution in [0.4, 0.5) is 20.3 Å². The summed E-state index contributed by atoms with van der Waals surface area (Å²) in [6.45, 7) is 8.13. The molecule has 194 valence electrons. The van der Waals surface area contributed by atoms with Gasteiger partial charge in [-0.1, -0.05) is 13.3 Å². The van der Waals surface area contributed by atoms with E-state index in [1.165, 1.54) is 16.9 Å². The van der Waals surface area contributed by atoms with Crippen LogP contribution in [0.3, 0.4) is 0 Å². The summed E-state index contributed by atoms with van der Waals surface area (Å²) in [4.78, 5) is 20.0. The Morgan fingerprint density at radius 3 is 2.75 bits per heavy atom. The lowest BCUT2D eigenvalue weighted by atomic mass is 9.85. The van der Waals surface area contributed by atoms with Crippen molar-refractivity contribution in [2.45, 2.75) is 70.9 Å². The molecule has 11 heteroatoms. The van der Waals surface area contributed by atoms with Crippen molar-refractivity contribution < 1.29 is 18.3 Å². The molecule has 0 radical (unpaired) electrons. The summed E-state index contributed by atoms with van der Waals surface area (Å²) >= 11 is 0. The average Bonchev–Trinajstić information content (AvgIpc) is 3.47. The molecule has 2 aliphatic rings. The summed E-state index contributed by atoms with van der Waals surface area (Å²) < 4.78 is 36.5. The Labute approximate surface area is 208 Å². The fourth-order valence-corrected chi connectivity index (χ4v) is 5.27. The van der Waals surface area contributed by atoms with Crippen LogP contribution in [0.25, 0.3) is 5.65 Å². The second-order valence-electron chi connectivity index (χ2n) is 10.4. The summed E-state index contributed by atoms with van der Waals surface area (Å²) in [5, 5.41) is 11.0. The molecule has 1 N–H and O–H groups in total. The smallest absolute Gasteiger partial charge is 0.284 e. The van der Waals surface area contributed by atoms with Crippen LogP contribution >= 0.6 is 0 Å². The molecule has 0 spiro atoms. The summed E-state index contributed by atoms with van der Waals surface area (Å²) in [5.41, 5.74) is -0.132. The maximum atomic E-state index is 13.8. The Morgan fingerprint density at radius 2 is 2.06 bits per heavy atom. The lowest BCUT2D eigenvalue weighted by molar-refractivity contribution is -0.0279. The second kappa shape index (κ2) is 9.76. The number of fused-ring (bicyclic) bond motifs is 1. The molecule has 9 nitrogen and oxygen atoms in total. The third-order valence-electron chi connectivity index (χ3n) is 7.33. The highest BCUT2D eigenvalue weighted by atomic mass is 19.3. The normalized spacial score (nSPS) is 22.3. The SMILES string of the molecule is CCC1CCC(n2cc(NC(=O)c3cnn4ccc(N5CCOC(C)(C)C5)nc34)c(C(F)F)n2)CC1. The quantitative estimate of drug-likeness (QED) is 0.518. The number of amides is 1. The number of halogens is 2. The number of anilines is 2. The van der Waals surface area contributed by atoms with E-state index < -0.39 is 18.0 Å². The average molecular weight is 502 g/mol. The fraction of sp³-hybridized carbons (Fsp3) is 0.600. The molecule has 1 aliphatic heterocycles. The van der Waals surface area contributed by atoms with Crippen molar-refractivity contribution in [2.75, 3.05) is 29.9 Å². The van der Waals surface area contributed by atoms with Crippen LogP contribution in [0.5, 0.6) is 0 Å². The molecule has 36 heavy (non-hydrogen) atoms. The Morgan fingerprint density at radius 1 is 1.28 bits per heavy atom. The van der Waals surface area contributed by atoms with Gasteiger partial charge in [0.2, 0.25) is 0 Å². The van der Waals surface area contributed by atoms with Crippen molar-refractivity contribution >= 4 is 23.1 Å². The summed E-state index contributed by atoms with van der Waals surface area (Å²) in [6.07, 6.45) is 6.93. The van der Waals surface area contributed by atoms with Gasteiger partial charge in [-0.2, -0.15) is 10.2 Å². The van der Waals surface area contributed by atoms with Crippen LogP contribution in [-0.2, 0) is 4.74 Å². The summed E-state index contributed by atoms with van der Waals surface area (Å²) in [5.74, 6) is 0.840. The number of carbonyl (C=O) groups excluding carboxylic acids is 1. The molecule has 0 atom stereocenters. The van der Waals surface area contributed by atoms with E-state index >= 15 is 0 Å². The topological polar surface area (TPSA) is 89.6 Å². The number of hydrogen-bond donors (Lipinski definition) is 1. The van der Waals surface area contributed by atoms with E-state index in [9.17, 15) is 13.6 Å². The van der Waals surface area contributed by atoms with Crippen molar-refractivity contribution in [1.82, 2.24) is 24.4 Å². The number of alkyl halides is 2. The van der Waals surface area contributed by atoms with E-state index in [1.54, 1.807) is 10.9 Å². The minimum absolute atomic E-state index is 0.0260. The lowest BCUT2D eigenvalue weighted by Gasteiger charge is -2.38. The van der Waals surface area contributed by atoms with Crippen molar-refractivity contribution in [2.24, 2.45) is 5.92 Å². The Balaban J connectivity index is 1.38. The second-order valence-corrected chi connectivity index (χ2v) is 10.4. The first-order chi connectivity index (χ1) is 17.2. The molecule has 2 fully saturated rings. The maximum Gasteiger partial charge on any atom is 0.284 e. The van der Waals surface area contributed by atoms with E-state index in [0.29, 0.717) is 37.1 Å². The monoisotopic (exact) mass is 501 g/mol. The molecule has 1 saturated heterocycles. The van der Waals surface area contributed by atoms with Crippen LogP contribution in [0, 0.1) is 5.92 Å². The predicted octanol–water partition coefficient (Wildman–Crippen LogP) is 4.87. The van der Waals surface area contributed by atoms with Gasteiger partial charge in [0.1, 0.15) is 11.4 Å². The first kappa shape index (κ1) is 24.6. The van der Waals surface area contributed by atoms with Crippen LogP contribution < -0.4 is 10.2 Å². The van der Waals surface area contributed by atoms with Crippen LogP contribution in [0.1, 0.15) is 81.4 Å². The van der Waals surface area contributed by atoms with E-state index in [4.69, 9.17) is 4.74 Å². The zero-order valence-electron chi connectivity index (χ0n) is 21.0. The van der Waals surface area contributed by atoms with Crippen molar-refractivity contribution in [3.8, 4) is 0 Å². The lowest BCUT2D eigenvalue weighted by Crippen LogP contribution is -2.48. The third kappa shape index (κ3) is 4.93. The molecule has 1 aliphatic carbocycles. The molecule has 4 heterocycles. The number of hydrogen-bond acceptors (Lipinski definition) is 6. The van der Waals surface area contributed by atoms with Gasteiger partial charge in [0.05, 0.1) is 30.1 Å². The van der Waals surface area contributed by atoms with Gasteiger partial charge < -0.3 is 15.0 Å². The number of aromatic nitrogens is 5. The number of rotatable bonds is 6. The molecular weight excluding hydrogens is 468 g/mol. The van der Waals surface area contributed by atoms with Gasteiger partial charge in [0, 0.05) is 25.5 Å². The van der Waals surface area contributed by atoms with Crippen molar-refractivity contribution in [3.05, 3.63) is 35.9 Å². The van der Waals surface area contributed by atoms with Crippen LogP contribution in [-0.4, -0.2) is 55.6 Å². The molecule has 5 rings (SSSR count). The van der Waals surface area contributed by atoms with Gasteiger partial charge in [0.15, 0.2) is 11.3 Å². The van der Waals surface area contributed by atoms with Crippen molar-refractivity contribution in [1.29, 1.82) is 0 Å². The fourth-order valence-electron chi connectivity index (χ4n) is 5.27. The number of morpholine rings is 1. The molecule has 3 aromatic heterocycles. The first-order valence-electron chi connectivity index (χ1n) is 12.7. The number of nitrogens with zero attached hydrogens (tertiary/aromatic N) is 6. The van der Waals surface area contributed by atoms with Gasteiger partial charge in [-0.3, -0.25) is 9.48 Å². The van der Waals surface area contributed by atoms with E-state index in [1.807, 2.05) is 19.9 Å². The van der Waals surface area contributed by atoms with Gasteiger partial charge in [0.25, 0.3) is 12.3 Å². The summed E-state index contributed by atoms with van der Waals surface area (Å²) in [7, 11) is 0. The molecule has 3 aromatic rings. The third-order valence-corrected chi connectivity index (χ3v) is 7.33. The maximum absolute atomic E-state index is 13.8. The predicted molar refractivity (Wildman–Crippen MR) is 132 cm³/mol. The van der Waals surface area contributed by atoms with E-state index in [0.717, 1.165) is 32.1 Å². The minimum Gasteiger partial charge on any atom is -0.372 e. The zero-order chi connectivity index (χ0) is 25.4. The Bertz CT molecular complexity index is 1230. The van der Waals surface area contributed by atoms with Gasteiger partial charge >= 0.3 is 0 Å². The van der Waals surface area contributed by atoms with E-state index in [-0.39, 0.29) is 22.9 Å². The molecular formula is C25H33F2N7O2. The Hall–Kier alpha value is -3.08. The Kier molecular flexibility index (Phi) is 6.67. The highest BCUT2D eigenvalue weighted by Gasteiger charge is 2.29. The number of carbonyl (C=O) groups is 1. The summed E-state index contributed by atoms with van der Waals surface area (Å²) in [6, 6.07) is 1.91.